The summed E-state index contributed by atoms with van der Waals surface area (Å²) in [5.74, 6) is -1.11. The zero-order valence-corrected chi connectivity index (χ0v) is 16.5. The zero-order valence-electron chi connectivity index (χ0n) is 16.5. The van der Waals surface area contributed by atoms with Crippen molar-refractivity contribution in [3.63, 3.8) is 0 Å². The minimum absolute atomic E-state index is 0.0181. The number of esters is 1. The molecule has 0 heterocycles. The Balaban J connectivity index is 2.01. The van der Waals surface area contributed by atoms with E-state index in [0.29, 0.717) is 11.3 Å². The highest BCUT2D eigenvalue weighted by Gasteiger charge is 2.20. The molecule has 28 heavy (non-hydrogen) atoms. The van der Waals surface area contributed by atoms with Crippen molar-refractivity contribution >= 4 is 17.6 Å². The largest absolute Gasteiger partial charge is 0.452 e. The number of carbonyl (C=O) groups is 2. The molecule has 1 N–H and O–H groups in total. The van der Waals surface area contributed by atoms with E-state index in [4.69, 9.17) is 4.74 Å². The molecule has 1 amide bonds. The van der Waals surface area contributed by atoms with E-state index in [0.717, 1.165) is 27.8 Å². The van der Waals surface area contributed by atoms with Crippen molar-refractivity contribution in [3.05, 3.63) is 57.6 Å². The average molecular weight is 391 g/mol. The second kappa shape index (κ2) is 8.82. The fraction of sp³-hybridized carbons (Fsp3) is 0.333. The van der Waals surface area contributed by atoms with Crippen molar-refractivity contribution in [2.24, 2.45) is 0 Å². The third-order valence-corrected chi connectivity index (χ3v) is 4.90. The first kappa shape index (κ1) is 21.3. The fourth-order valence-electron chi connectivity index (χ4n) is 2.93. The molecule has 0 spiro atoms. The van der Waals surface area contributed by atoms with Gasteiger partial charge in [-0.1, -0.05) is 0 Å². The lowest BCUT2D eigenvalue weighted by atomic mass is 9.90. The van der Waals surface area contributed by atoms with Crippen molar-refractivity contribution in [2.75, 3.05) is 11.9 Å². The molecule has 2 aromatic rings. The molecule has 0 radical (unpaired) electrons. The van der Waals surface area contributed by atoms with Crippen LogP contribution >= 0.6 is 0 Å². The second-order valence-corrected chi connectivity index (χ2v) is 6.53. The number of ether oxygens (including phenoxy) is 2. The van der Waals surface area contributed by atoms with Crippen LogP contribution in [-0.2, 0) is 9.53 Å². The summed E-state index contributed by atoms with van der Waals surface area (Å²) in [7, 11) is 0. The predicted octanol–water partition coefficient (Wildman–Crippen LogP) is 4.63. The van der Waals surface area contributed by atoms with Crippen LogP contribution in [0.1, 0.15) is 38.2 Å². The van der Waals surface area contributed by atoms with E-state index in [9.17, 15) is 18.4 Å². The topological polar surface area (TPSA) is 64.6 Å². The molecule has 5 nitrogen and oxygen atoms in total. The van der Waals surface area contributed by atoms with Gasteiger partial charge in [-0.25, -0.2) is 4.79 Å². The third kappa shape index (κ3) is 4.85. The van der Waals surface area contributed by atoms with Crippen LogP contribution in [0.3, 0.4) is 0 Å². The Kier molecular flexibility index (Phi) is 6.72. The van der Waals surface area contributed by atoms with E-state index < -0.39 is 25.1 Å². The summed E-state index contributed by atoms with van der Waals surface area (Å²) < 4.78 is 33.7. The Morgan fingerprint density at radius 2 is 1.39 bits per heavy atom. The minimum Gasteiger partial charge on any atom is -0.452 e. The van der Waals surface area contributed by atoms with Crippen LogP contribution < -0.4 is 10.1 Å². The molecule has 0 unspecified atom stereocenters. The molecule has 7 heteroatoms. The minimum atomic E-state index is -2.92. The molecule has 0 aliphatic rings. The Morgan fingerprint density at radius 1 is 0.893 bits per heavy atom. The van der Waals surface area contributed by atoms with Crippen LogP contribution in [-0.4, -0.2) is 25.1 Å². The molecule has 0 fully saturated rings. The van der Waals surface area contributed by atoms with Crippen LogP contribution in [0.2, 0.25) is 0 Å². The van der Waals surface area contributed by atoms with Crippen LogP contribution in [0, 0.1) is 34.6 Å². The first-order valence-electron chi connectivity index (χ1n) is 8.70. The molecule has 150 valence electrons. The van der Waals surface area contributed by atoms with Gasteiger partial charge < -0.3 is 14.8 Å². The molecule has 2 aromatic carbocycles. The highest BCUT2D eigenvalue weighted by Crippen LogP contribution is 2.26. The first-order valence-corrected chi connectivity index (χ1v) is 8.70. The van der Waals surface area contributed by atoms with Gasteiger partial charge in [0.2, 0.25) is 0 Å². The van der Waals surface area contributed by atoms with Crippen LogP contribution in [0.5, 0.6) is 5.75 Å². The third-order valence-electron chi connectivity index (χ3n) is 4.90. The van der Waals surface area contributed by atoms with Gasteiger partial charge in [0.1, 0.15) is 5.75 Å². The average Bonchev–Trinajstić information content (AvgIpc) is 2.64. The highest BCUT2D eigenvalue weighted by atomic mass is 19.3. The summed E-state index contributed by atoms with van der Waals surface area (Å²) in [6, 6.07) is 5.44. The highest BCUT2D eigenvalue weighted by molar-refractivity contribution is 5.97. The number of anilines is 1. The number of rotatable bonds is 6. The SMILES string of the molecule is Cc1c(C)c(C)c(C(=O)OCC(=O)Nc2ccc(OC(F)F)cc2)c(C)c1C. The standard InChI is InChI=1S/C21H23F2NO4/c1-11-12(2)14(4)19(15(5)13(11)3)20(26)27-10-18(25)24-16-6-8-17(9-7-16)28-21(22)23/h6-9,21H,10H2,1-5H3,(H,24,25). The first-order chi connectivity index (χ1) is 13.1. The molecule has 0 saturated heterocycles. The molecule has 0 aliphatic carbocycles. The number of hydrogen-bond donors (Lipinski definition) is 1. The monoisotopic (exact) mass is 391 g/mol. The normalized spacial score (nSPS) is 10.7. The zero-order chi connectivity index (χ0) is 21.0. The second-order valence-electron chi connectivity index (χ2n) is 6.53. The quantitative estimate of drug-likeness (QED) is 0.730. The molecule has 0 bridgehead atoms. The molecule has 0 saturated carbocycles. The molecular formula is C21H23F2NO4. The van der Waals surface area contributed by atoms with E-state index in [-0.39, 0.29) is 5.75 Å². The van der Waals surface area contributed by atoms with Crippen molar-refractivity contribution in [3.8, 4) is 5.75 Å². The number of amides is 1. The maximum Gasteiger partial charge on any atom is 0.387 e. The number of halogens is 2. The van der Waals surface area contributed by atoms with Gasteiger partial charge >= 0.3 is 12.6 Å². The smallest absolute Gasteiger partial charge is 0.387 e. The van der Waals surface area contributed by atoms with Crippen molar-refractivity contribution in [1.82, 2.24) is 0 Å². The van der Waals surface area contributed by atoms with E-state index in [1.54, 1.807) is 0 Å². The molecule has 0 aliphatic heterocycles. The Labute approximate surface area is 162 Å². The van der Waals surface area contributed by atoms with E-state index >= 15 is 0 Å². The number of nitrogens with one attached hydrogen (secondary N) is 1. The molecule has 0 aromatic heterocycles. The predicted molar refractivity (Wildman–Crippen MR) is 102 cm³/mol. The summed E-state index contributed by atoms with van der Waals surface area (Å²) in [4.78, 5) is 24.5. The summed E-state index contributed by atoms with van der Waals surface area (Å²) in [6.45, 7) is 6.23. The molecule has 0 atom stereocenters. The number of hydrogen-bond acceptors (Lipinski definition) is 4. The van der Waals surface area contributed by atoms with Crippen molar-refractivity contribution < 1.29 is 27.8 Å². The summed E-state index contributed by atoms with van der Waals surface area (Å²) >= 11 is 0. The van der Waals surface area contributed by atoms with E-state index in [1.165, 1.54) is 24.3 Å². The lowest BCUT2D eigenvalue weighted by molar-refractivity contribution is -0.119. The van der Waals surface area contributed by atoms with Gasteiger partial charge in [0.15, 0.2) is 6.61 Å². The maximum absolute atomic E-state index is 12.5. The lowest BCUT2D eigenvalue weighted by Crippen LogP contribution is -2.22. The Bertz CT molecular complexity index is 863. The summed E-state index contributed by atoms with van der Waals surface area (Å²) in [5.41, 5.74) is 5.68. The number of alkyl halides is 2. The van der Waals surface area contributed by atoms with Gasteiger partial charge in [0.25, 0.3) is 5.91 Å². The van der Waals surface area contributed by atoms with Crippen molar-refractivity contribution in [1.29, 1.82) is 0 Å². The van der Waals surface area contributed by atoms with Crippen LogP contribution in [0.15, 0.2) is 24.3 Å². The van der Waals surface area contributed by atoms with Gasteiger partial charge in [0.05, 0.1) is 5.56 Å². The lowest BCUT2D eigenvalue weighted by Gasteiger charge is -2.17. The van der Waals surface area contributed by atoms with Gasteiger partial charge in [-0.3, -0.25) is 4.79 Å². The number of carbonyl (C=O) groups excluding carboxylic acids is 2. The van der Waals surface area contributed by atoms with Crippen molar-refractivity contribution in [2.45, 2.75) is 41.2 Å². The summed E-state index contributed by atoms with van der Waals surface area (Å²) in [6.07, 6.45) is 0. The van der Waals surface area contributed by atoms with E-state index in [2.05, 4.69) is 10.1 Å². The van der Waals surface area contributed by atoms with Gasteiger partial charge in [0, 0.05) is 5.69 Å². The molecular weight excluding hydrogens is 368 g/mol. The number of benzene rings is 2. The fourth-order valence-corrected chi connectivity index (χ4v) is 2.93. The molecule has 2 rings (SSSR count). The van der Waals surface area contributed by atoms with Crippen LogP contribution in [0.4, 0.5) is 14.5 Å². The van der Waals surface area contributed by atoms with Crippen LogP contribution in [0.25, 0.3) is 0 Å². The maximum atomic E-state index is 12.5. The van der Waals surface area contributed by atoms with Gasteiger partial charge in [-0.2, -0.15) is 8.78 Å². The van der Waals surface area contributed by atoms with Gasteiger partial charge in [-0.15, -0.1) is 0 Å². The van der Waals surface area contributed by atoms with Gasteiger partial charge in [-0.05, 0) is 86.7 Å². The Hall–Kier alpha value is -2.96. The van der Waals surface area contributed by atoms with E-state index in [1.807, 2.05) is 34.6 Å². The Morgan fingerprint density at radius 3 is 1.89 bits per heavy atom. The summed E-state index contributed by atoms with van der Waals surface area (Å²) in [5, 5.41) is 2.53.